The Labute approximate surface area is 134 Å². The Hall–Kier alpha value is -2.21. The molecule has 0 unspecified atom stereocenters. The van der Waals surface area contributed by atoms with Crippen LogP contribution in [-0.2, 0) is 19.1 Å². The van der Waals surface area contributed by atoms with Gasteiger partial charge in [0.1, 0.15) is 11.8 Å². The molecule has 0 spiro atoms. The minimum Gasteiger partial charge on any atom is -0.480 e. The summed E-state index contributed by atoms with van der Waals surface area (Å²) in [7, 11) is 1.40. The molecule has 23 heavy (non-hydrogen) atoms. The Morgan fingerprint density at radius 2 is 2.00 bits per heavy atom. The largest absolute Gasteiger partial charge is 0.480 e. The SMILES string of the molecule is CO[C@@H](C(=O)N[C@H](C(=O)O)[C@@H]1CCCC(=O)C1)c1ccccc1. The lowest BCUT2D eigenvalue weighted by Crippen LogP contribution is -2.49. The van der Waals surface area contributed by atoms with E-state index in [0.717, 1.165) is 0 Å². The number of amides is 1. The summed E-state index contributed by atoms with van der Waals surface area (Å²) in [6.45, 7) is 0. The third kappa shape index (κ3) is 4.39. The van der Waals surface area contributed by atoms with Crippen molar-refractivity contribution in [1.82, 2.24) is 5.32 Å². The van der Waals surface area contributed by atoms with Crippen LogP contribution in [0.2, 0.25) is 0 Å². The number of aliphatic carboxylic acids is 1. The van der Waals surface area contributed by atoms with E-state index in [4.69, 9.17) is 4.74 Å². The van der Waals surface area contributed by atoms with Gasteiger partial charge in [0, 0.05) is 20.0 Å². The fourth-order valence-electron chi connectivity index (χ4n) is 2.97. The molecule has 6 heteroatoms. The second-order valence-electron chi connectivity index (χ2n) is 5.75. The lowest BCUT2D eigenvalue weighted by Gasteiger charge is -2.28. The summed E-state index contributed by atoms with van der Waals surface area (Å²) < 4.78 is 5.22. The number of hydrogen-bond donors (Lipinski definition) is 2. The summed E-state index contributed by atoms with van der Waals surface area (Å²) >= 11 is 0. The fourth-order valence-corrected chi connectivity index (χ4v) is 2.97. The highest BCUT2D eigenvalue weighted by molar-refractivity contribution is 5.88. The lowest BCUT2D eigenvalue weighted by atomic mass is 9.83. The van der Waals surface area contributed by atoms with Gasteiger partial charge >= 0.3 is 5.97 Å². The highest BCUT2D eigenvalue weighted by Crippen LogP contribution is 2.25. The quantitative estimate of drug-likeness (QED) is 0.832. The van der Waals surface area contributed by atoms with E-state index in [1.807, 2.05) is 6.07 Å². The van der Waals surface area contributed by atoms with Crippen LogP contribution >= 0.6 is 0 Å². The van der Waals surface area contributed by atoms with E-state index in [-0.39, 0.29) is 18.1 Å². The maximum atomic E-state index is 12.4. The van der Waals surface area contributed by atoms with Crippen LogP contribution in [0.1, 0.15) is 37.4 Å². The molecule has 1 saturated carbocycles. The summed E-state index contributed by atoms with van der Waals surface area (Å²) in [6, 6.07) is 7.79. The van der Waals surface area contributed by atoms with E-state index in [1.165, 1.54) is 7.11 Å². The number of methoxy groups -OCH3 is 1. The first kappa shape index (κ1) is 17.1. The Balaban J connectivity index is 2.10. The highest BCUT2D eigenvalue weighted by atomic mass is 16.5. The van der Waals surface area contributed by atoms with Crippen LogP contribution in [0.3, 0.4) is 0 Å². The predicted molar refractivity (Wildman–Crippen MR) is 82.7 cm³/mol. The van der Waals surface area contributed by atoms with Gasteiger partial charge in [-0.1, -0.05) is 30.3 Å². The van der Waals surface area contributed by atoms with Gasteiger partial charge in [-0.2, -0.15) is 0 Å². The first-order valence-corrected chi connectivity index (χ1v) is 7.65. The molecule has 1 aromatic rings. The van der Waals surface area contributed by atoms with Crippen molar-refractivity contribution < 1.29 is 24.2 Å². The average Bonchev–Trinajstić information content (AvgIpc) is 2.54. The molecule has 1 aromatic carbocycles. The molecule has 6 nitrogen and oxygen atoms in total. The number of ketones is 1. The van der Waals surface area contributed by atoms with Crippen molar-refractivity contribution in [2.45, 2.75) is 37.8 Å². The van der Waals surface area contributed by atoms with Gasteiger partial charge < -0.3 is 15.2 Å². The number of benzene rings is 1. The molecule has 0 aromatic heterocycles. The van der Waals surface area contributed by atoms with E-state index in [1.54, 1.807) is 24.3 Å². The number of rotatable bonds is 6. The van der Waals surface area contributed by atoms with Crippen molar-refractivity contribution >= 4 is 17.7 Å². The second kappa shape index (κ2) is 7.87. The molecule has 124 valence electrons. The molecule has 2 rings (SSSR count). The predicted octanol–water partition coefficient (Wildman–Crippen LogP) is 1.70. The molecule has 3 atom stereocenters. The molecule has 0 bridgehead atoms. The molecule has 1 fully saturated rings. The summed E-state index contributed by atoms with van der Waals surface area (Å²) in [5.74, 6) is -1.95. The highest BCUT2D eigenvalue weighted by Gasteiger charge is 2.35. The zero-order chi connectivity index (χ0) is 16.8. The molecular weight excluding hydrogens is 298 g/mol. The molecular formula is C17H21NO5. The number of hydrogen-bond acceptors (Lipinski definition) is 4. The van der Waals surface area contributed by atoms with Gasteiger partial charge in [-0.15, -0.1) is 0 Å². The van der Waals surface area contributed by atoms with Gasteiger partial charge in [-0.25, -0.2) is 4.79 Å². The minimum atomic E-state index is -1.12. The summed E-state index contributed by atoms with van der Waals surface area (Å²) in [6.07, 6.45) is 1.08. The maximum Gasteiger partial charge on any atom is 0.326 e. The van der Waals surface area contributed by atoms with E-state index in [9.17, 15) is 19.5 Å². The molecule has 0 aliphatic heterocycles. The van der Waals surface area contributed by atoms with Crippen LogP contribution < -0.4 is 5.32 Å². The Kier molecular flexibility index (Phi) is 5.87. The van der Waals surface area contributed by atoms with E-state index >= 15 is 0 Å². The second-order valence-corrected chi connectivity index (χ2v) is 5.75. The average molecular weight is 319 g/mol. The van der Waals surface area contributed by atoms with Gasteiger partial charge in [0.05, 0.1) is 0 Å². The van der Waals surface area contributed by atoms with Crippen molar-refractivity contribution in [1.29, 1.82) is 0 Å². The molecule has 1 aliphatic rings. The molecule has 0 heterocycles. The topological polar surface area (TPSA) is 92.7 Å². The van der Waals surface area contributed by atoms with Gasteiger partial charge in [0.2, 0.25) is 0 Å². The van der Waals surface area contributed by atoms with Gasteiger partial charge in [0.15, 0.2) is 6.10 Å². The normalized spacial score (nSPS) is 20.6. The molecule has 2 N–H and O–H groups in total. The van der Waals surface area contributed by atoms with Crippen molar-refractivity contribution in [2.75, 3.05) is 7.11 Å². The van der Waals surface area contributed by atoms with Gasteiger partial charge in [-0.05, 0) is 24.3 Å². The van der Waals surface area contributed by atoms with Crippen LogP contribution in [0.4, 0.5) is 0 Å². The molecule has 0 radical (unpaired) electrons. The number of carbonyl (C=O) groups excluding carboxylic acids is 2. The van der Waals surface area contributed by atoms with Crippen molar-refractivity contribution in [3.05, 3.63) is 35.9 Å². The Morgan fingerprint density at radius 3 is 2.57 bits per heavy atom. The first-order chi connectivity index (χ1) is 11.0. The number of Topliss-reactive ketones (excluding diaryl/α,β-unsaturated/α-hetero) is 1. The Bertz CT molecular complexity index is 572. The third-order valence-corrected chi connectivity index (χ3v) is 4.13. The fraction of sp³-hybridized carbons (Fsp3) is 0.471. The lowest BCUT2D eigenvalue weighted by molar-refractivity contribution is -0.146. The molecule has 1 aliphatic carbocycles. The first-order valence-electron chi connectivity index (χ1n) is 7.65. The van der Waals surface area contributed by atoms with Gasteiger partial charge in [-0.3, -0.25) is 9.59 Å². The van der Waals surface area contributed by atoms with Crippen LogP contribution in [0.5, 0.6) is 0 Å². The maximum absolute atomic E-state index is 12.4. The minimum absolute atomic E-state index is 0.0492. The van der Waals surface area contributed by atoms with E-state index < -0.39 is 24.0 Å². The summed E-state index contributed by atoms with van der Waals surface area (Å²) in [5.41, 5.74) is 0.649. The summed E-state index contributed by atoms with van der Waals surface area (Å²) in [4.78, 5) is 35.5. The standard InChI is InChI=1S/C17H21NO5/c1-23-15(11-6-3-2-4-7-11)16(20)18-14(17(21)22)12-8-5-9-13(19)10-12/h2-4,6-7,12,14-15H,5,8-10H2,1H3,(H,18,20)(H,21,22)/t12-,14+,15-/m1/s1. The van der Waals surface area contributed by atoms with Crippen LogP contribution in [0.15, 0.2) is 30.3 Å². The number of ether oxygens (including phenoxy) is 1. The van der Waals surface area contributed by atoms with E-state index in [2.05, 4.69) is 5.32 Å². The van der Waals surface area contributed by atoms with Crippen LogP contribution in [0.25, 0.3) is 0 Å². The zero-order valence-electron chi connectivity index (χ0n) is 13.0. The van der Waals surface area contributed by atoms with Crippen LogP contribution in [0, 0.1) is 5.92 Å². The number of nitrogens with one attached hydrogen (secondary N) is 1. The van der Waals surface area contributed by atoms with Crippen molar-refractivity contribution in [2.24, 2.45) is 5.92 Å². The van der Waals surface area contributed by atoms with Crippen molar-refractivity contribution in [3.8, 4) is 0 Å². The van der Waals surface area contributed by atoms with Gasteiger partial charge in [0.25, 0.3) is 5.91 Å². The van der Waals surface area contributed by atoms with E-state index in [0.29, 0.717) is 24.8 Å². The molecule has 0 saturated heterocycles. The number of carbonyl (C=O) groups is 3. The monoisotopic (exact) mass is 319 g/mol. The number of carboxylic acids is 1. The van der Waals surface area contributed by atoms with Crippen LogP contribution in [-0.4, -0.2) is 35.9 Å². The van der Waals surface area contributed by atoms with Crippen molar-refractivity contribution in [3.63, 3.8) is 0 Å². The molecule has 1 amide bonds. The smallest absolute Gasteiger partial charge is 0.326 e. The number of carboxylic acid groups (broad SMARTS) is 1. The third-order valence-electron chi connectivity index (χ3n) is 4.13. The zero-order valence-corrected chi connectivity index (χ0v) is 13.0. The summed E-state index contributed by atoms with van der Waals surface area (Å²) in [5, 5.41) is 12.0. The Morgan fingerprint density at radius 1 is 1.30 bits per heavy atom.